The molecule has 0 radical (unpaired) electrons. The first-order valence-corrected chi connectivity index (χ1v) is 10.5. The van der Waals surface area contributed by atoms with E-state index < -0.39 is 10.0 Å². The first-order chi connectivity index (χ1) is 13.5. The van der Waals surface area contributed by atoms with Crippen LogP contribution in [0.5, 0.6) is 11.5 Å². The number of fused-ring (bicyclic) bond motifs is 3. The normalized spacial score (nSPS) is 19.7. The second-order valence-corrected chi connectivity index (χ2v) is 8.80. The second-order valence-electron chi connectivity index (χ2n) is 6.87. The van der Waals surface area contributed by atoms with Crippen LogP contribution >= 0.6 is 0 Å². The summed E-state index contributed by atoms with van der Waals surface area (Å²) in [7, 11) is -0.911. The molecule has 1 amide bonds. The van der Waals surface area contributed by atoms with Gasteiger partial charge in [-0.25, -0.2) is 8.42 Å². The average molecular weight is 402 g/mol. The van der Waals surface area contributed by atoms with Crippen LogP contribution in [0, 0.1) is 0 Å². The molecule has 0 unspecified atom stereocenters. The van der Waals surface area contributed by atoms with E-state index in [2.05, 4.69) is 0 Å². The maximum absolute atomic E-state index is 13.2. The van der Waals surface area contributed by atoms with Crippen molar-refractivity contribution in [1.29, 1.82) is 0 Å². The molecular weight excluding hydrogens is 380 g/mol. The van der Waals surface area contributed by atoms with Gasteiger partial charge in [0, 0.05) is 19.2 Å². The second kappa shape index (κ2) is 7.10. The molecule has 2 aliphatic heterocycles. The van der Waals surface area contributed by atoms with Crippen LogP contribution in [-0.4, -0.2) is 57.4 Å². The quantitative estimate of drug-likeness (QED) is 0.780. The highest BCUT2D eigenvalue weighted by atomic mass is 32.2. The van der Waals surface area contributed by atoms with E-state index in [9.17, 15) is 13.2 Å². The standard InChI is InChI=1S/C20H22N2O5S/c1-26-18-8-7-15(11-19(18)27-2)28(24,25)21-12-17-16-6-4-3-5-14(16)9-10-22(17)20(23)13-21/h3-8,11,17H,9-10,12-13H2,1-2H3/t17-/m0/s1. The van der Waals surface area contributed by atoms with Crippen molar-refractivity contribution in [2.45, 2.75) is 17.4 Å². The van der Waals surface area contributed by atoms with Crippen LogP contribution in [0.15, 0.2) is 47.4 Å². The van der Waals surface area contributed by atoms with Crippen LogP contribution in [0.25, 0.3) is 0 Å². The monoisotopic (exact) mass is 402 g/mol. The summed E-state index contributed by atoms with van der Waals surface area (Å²) in [6, 6.07) is 12.1. The molecule has 0 saturated carbocycles. The fourth-order valence-corrected chi connectivity index (χ4v) is 5.37. The van der Waals surface area contributed by atoms with Crippen molar-refractivity contribution in [3.8, 4) is 11.5 Å². The molecule has 2 aromatic carbocycles. The van der Waals surface area contributed by atoms with Crippen molar-refractivity contribution < 1.29 is 22.7 Å². The predicted octanol–water partition coefficient (Wildman–Crippen LogP) is 1.83. The zero-order valence-corrected chi connectivity index (χ0v) is 16.6. The van der Waals surface area contributed by atoms with Crippen LogP contribution in [0.1, 0.15) is 17.2 Å². The molecule has 0 spiro atoms. The van der Waals surface area contributed by atoms with Gasteiger partial charge in [-0.15, -0.1) is 0 Å². The maximum Gasteiger partial charge on any atom is 0.243 e. The third kappa shape index (κ3) is 3.02. The number of benzene rings is 2. The molecule has 2 aliphatic rings. The fourth-order valence-electron chi connectivity index (χ4n) is 3.96. The molecule has 1 saturated heterocycles. The number of amides is 1. The van der Waals surface area contributed by atoms with Gasteiger partial charge in [-0.2, -0.15) is 4.31 Å². The highest BCUT2D eigenvalue weighted by molar-refractivity contribution is 7.89. The van der Waals surface area contributed by atoms with E-state index in [1.165, 1.54) is 36.2 Å². The molecule has 2 aromatic rings. The van der Waals surface area contributed by atoms with Gasteiger partial charge >= 0.3 is 0 Å². The molecule has 7 nitrogen and oxygen atoms in total. The Morgan fingerprint density at radius 2 is 1.79 bits per heavy atom. The minimum Gasteiger partial charge on any atom is -0.493 e. The van der Waals surface area contributed by atoms with E-state index in [-0.39, 0.29) is 29.9 Å². The lowest BCUT2D eigenvalue weighted by Crippen LogP contribution is -2.55. The molecular formula is C20H22N2O5S. The smallest absolute Gasteiger partial charge is 0.243 e. The zero-order chi connectivity index (χ0) is 19.9. The van der Waals surface area contributed by atoms with Crippen molar-refractivity contribution >= 4 is 15.9 Å². The van der Waals surface area contributed by atoms with E-state index in [0.29, 0.717) is 18.0 Å². The molecule has 4 rings (SSSR count). The molecule has 0 bridgehead atoms. The predicted molar refractivity (Wildman–Crippen MR) is 103 cm³/mol. The third-order valence-corrected chi connectivity index (χ3v) is 7.22. The topological polar surface area (TPSA) is 76.2 Å². The number of hydrogen-bond donors (Lipinski definition) is 0. The molecule has 8 heteroatoms. The zero-order valence-electron chi connectivity index (χ0n) is 15.8. The number of sulfonamides is 1. The summed E-state index contributed by atoms with van der Waals surface area (Å²) in [6.07, 6.45) is 0.793. The first kappa shape index (κ1) is 18.8. The number of methoxy groups -OCH3 is 2. The molecule has 1 atom stereocenters. The van der Waals surface area contributed by atoms with Crippen LogP contribution in [0.4, 0.5) is 0 Å². The maximum atomic E-state index is 13.2. The lowest BCUT2D eigenvalue weighted by atomic mass is 9.91. The third-order valence-electron chi connectivity index (χ3n) is 5.41. The number of carbonyl (C=O) groups excluding carboxylic acids is 1. The van der Waals surface area contributed by atoms with Crippen molar-refractivity contribution in [2.24, 2.45) is 0 Å². The molecule has 28 heavy (non-hydrogen) atoms. The van der Waals surface area contributed by atoms with Gasteiger partial charge in [0.2, 0.25) is 15.9 Å². The number of nitrogens with zero attached hydrogens (tertiary/aromatic N) is 2. The summed E-state index contributed by atoms with van der Waals surface area (Å²) in [5.41, 5.74) is 2.19. The van der Waals surface area contributed by atoms with Gasteiger partial charge in [0.15, 0.2) is 11.5 Å². The summed E-state index contributed by atoms with van der Waals surface area (Å²) in [6.45, 7) is 0.694. The Balaban J connectivity index is 1.69. The van der Waals surface area contributed by atoms with Crippen molar-refractivity contribution in [3.63, 3.8) is 0 Å². The Morgan fingerprint density at radius 1 is 1.04 bits per heavy atom. The highest BCUT2D eigenvalue weighted by Crippen LogP contribution is 2.36. The summed E-state index contributed by atoms with van der Waals surface area (Å²) in [5, 5.41) is 0. The summed E-state index contributed by atoms with van der Waals surface area (Å²) in [5.74, 6) is 0.606. The van der Waals surface area contributed by atoms with Crippen LogP contribution < -0.4 is 9.47 Å². The molecule has 0 N–H and O–H groups in total. The Bertz CT molecular complexity index is 1020. The number of ether oxygens (including phenoxy) is 2. The van der Waals surface area contributed by atoms with Gasteiger partial charge in [-0.1, -0.05) is 24.3 Å². The Morgan fingerprint density at radius 3 is 2.54 bits per heavy atom. The molecule has 2 heterocycles. The number of hydrogen-bond acceptors (Lipinski definition) is 5. The van der Waals surface area contributed by atoms with Gasteiger partial charge in [0.25, 0.3) is 0 Å². The molecule has 0 aliphatic carbocycles. The Hall–Kier alpha value is -2.58. The Labute approximate surface area is 164 Å². The van der Waals surface area contributed by atoms with Gasteiger partial charge in [0.1, 0.15) is 0 Å². The first-order valence-electron chi connectivity index (χ1n) is 9.05. The SMILES string of the molecule is COc1ccc(S(=O)(=O)N2CC(=O)N3CCc4ccccc4[C@@H]3C2)cc1OC. The van der Waals surface area contributed by atoms with Gasteiger partial charge in [-0.05, 0) is 29.7 Å². The number of piperazine rings is 1. The minimum atomic E-state index is -3.86. The van der Waals surface area contributed by atoms with E-state index in [1.54, 1.807) is 11.0 Å². The molecule has 0 aromatic heterocycles. The minimum absolute atomic E-state index is 0.0792. The van der Waals surface area contributed by atoms with E-state index in [1.807, 2.05) is 24.3 Å². The summed E-state index contributed by atoms with van der Waals surface area (Å²) >= 11 is 0. The number of carbonyl (C=O) groups is 1. The van der Waals surface area contributed by atoms with Gasteiger partial charge in [0.05, 0.1) is 31.7 Å². The lowest BCUT2D eigenvalue weighted by molar-refractivity contribution is -0.138. The molecule has 1 fully saturated rings. The summed E-state index contributed by atoms with van der Waals surface area (Å²) in [4.78, 5) is 14.6. The van der Waals surface area contributed by atoms with E-state index in [4.69, 9.17) is 9.47 Å². The summed E-state index contributed by atoms with van der Waals surface area (Å²) < 4.78 is 38.2. The molecule has 148 valence electrons. The largest absolute Gasteiger partial charge is 0.493 e. The average Bonchev–Trinajstić information content (AvgIpc) is 2.72. The van der Waals surface area contributed by atoms with E-state index in [0.717, 1.165) is 12.0 Å². The van der Waals surface area contributed by atoms with Crippen molar-refractivity contribution in [3.05, 3.63) is 53.6 Å². The Kier molecular flexibility index (Phi) is 4.76. The van der Waals surface area contributed by atoms with Gasteiger partial charge < -0.3 is 14.4 Å². The van der Waals surface area contributed by atoms with Gasteiger partial charge in [-0.3, -0.25) is 4.79 Å². The van der Waals surface area contributed by atoms with Crippen LogP contribution in [0.2, 0.25) is 0 Å². The van der Waals surface area contributed by atoms with Crippen molar-refractivity contribution in [2.75, 3.05) is 33.9 Å². The van der Waals surface area contributed by atoms with Crippen LogP contribution in [-0.2, 0) is 21.2 Å². The van der Waals surface area contributed by atoms with Crippen LogP contribution in [0.3, 0.4) is 0 Å². The number of rotatable bonds is 4. The fraction of sp³-hybridized carbons (Fsp3) is 0.350. The highest BCUT2D eigenvalue weighted by Gasteiger charge is 2.41. The van der Waals surface area contributed by atoms with E-state index >= 15 is 0 Å². The van der Waals surface area contributed by atoms with Crippen molar-refractivity contribution in [1.82, 2.24) is 9.21 Å². The lowest BCUT2D eigenvalue weighted by Gasteiger charge is -2.44.